The van der Waals surface area contributed by atoms with E-state index in [1.165, 1.54) is 56.0 Å². The Balaban J connectivity index is 1.54. The third-order valence-electron chi connectivity index (χ3n) is 4.86. The highest BCUT2D eigenvalue weighted by Gasteiger charge is 2.20. The van der Waals surface area contributed by atoms with Crippen molar-refractivity contribution in [3.8, 4) is 5.75 Å². The van der Waals surface area contributed by atoms with E-state index in [9.17, 15) is 13.2 Å². The molecule has 0 atom stereocenters. The minimum Gasteiger partial charge on any atom is -0.495 e. The first-order valence-corrected chi connectivity index (χ1v) is 13.0. The van der Waals surface area contributed by atoms with Gasteiger partial charge in [-0.1, -0.05) is 34.8 Å². The number of furan rings is 1. The predicted octanol–water partition coefficient (Wildman–Crippen LogP) is 5.70. The molecule has 2 aromatic heterocycles. The summed E-state index contributed by atoms with van der Waals surface area (Å²) in [6.07, 6.45) is 2.82. The van der Waals surface area contributed by atoms with Crippen molar-refractivity contribution in [1.29, 1.82) is 0 Å². The maximum atomic E-state index is 12.9. The Morgan fingerprint density at radius 1 is 1.05 bits per heavy atom. The normalized spacial score (nSPS) is 11.1. The topological polar surface area (TPSA) is 135 Å². The lowest BCUT2D eigenvalue weighted by atomic mass is 10.2. The van der Waals surface area contributed by atoms with Gasteiger partial charge in [-0.2, -0.15) is 0 Å². The first-order chi connectivity index (χ1) is 17.7. The van der Waals surface area contributed by atoms with Crippen molar-refractivity contribution >= 4 is 68.1 Å². The third-order valence-corrected chi connectivity index (χ3v) is 7.24. The molecule has 192 valence electrons. The fourth-order valence-corrected chi connectivity index (χ4v) is 4.72. The summed E-state index contributed by atoms with van der Waals surface area (Å²) in [6.45, 7) is 0.302. The van der Waals surface area contributed by atoms with Gasteiger partial charge in [0.1, 0.15) is 11.5 Å². The second-order valence-corrected chi connectivity index (χ2v) is 10.3. The van der Waals surface area contributed by atoms with E-state index in [0.717, 1.165) is 0 Å². The summed E-state index contributed by atoms with van der Waals surface area (Å²) in [4.78, 5) is 21.1. The Morgan fingerprint density at radius 2 is 1.86 bits per heavy atom. The summed E-state index contributed by atoms with van der Waals surface area (Å²) < 4.78 is 38.8. The highest BCUT2D eigenvalue weighted by molar-refractivity contribution is 7.92. The Bertz CT molecular complexity index is 1550. The van der Waals surface area contributed by atoms with Gasteiger partial charge in [-0.15, -0.1) is 0 Å². The molecule has 4 aromatic rings. The summed E-state index contributed by atoms with van der Waals surface area (Å²) in [7, 11) is -2.69. The number of sulfonamides is 1. The average molecular weight is 583 g/mol. The molecule has 0 bridgehead atoms. The number of rotatable bonds is 9. The molecule has 0 aliphatic rings. The Kier molecular flexibility index (Phi) is 8.08. The zero-order chi connectivity index (χ0) is 26.6. The van der Waals surface area contributed by atoms with Crippen molar-refractivity contribution in [2.45, 2.75) is 11.4 Å². The zero-order valence-electron chi connectivity index (χ0n) is 19.0. The van der Waals surface area contributed by atoms with Crippen molar-refractivity contribution in [3.63, 3.8) is 0 Å². The number of anilines is 3. The lowest BCUT2D eigenvalue weighted by Gasteiger charge is -2.14. The number of hydrogen-bond acceptors (Lipinski definition) is 8. The number of aromatic nitrogens is 2. The molecule has 14 heteroatoms. The van der Waals surface area contributed by atoms with E-state index >= 15 is 0 Å². The van der Waals surface area contributed by atoms with Crippen LogP contribution in [0.15, 0.2) is 70.3 Å². The van der Waals surface area contributed by atoms with Gasteiger partial charge >= 0.3 is 0 Å². The number of methoxy groups -OCH3 is 1. The second kappa shape index (κ2) is 11.3. The smallest absolute Gasteiger partial charge is 0.276 e. The number of amides is 1. The van der Waals surface area contributed by atoms with E-state index in [0.29, 0.717) is 12.3 Å². The molecule has 0 saturated heterocycles. The molecule has 0 aliphatic heterocycles. The van der Waals surface area contributed by atoms with Crippen LogP contribution in [0.2, 0.25) is 15.1 Å². The van der Waals surface area contributed by atoms with Crippen molar-refractivity contribution in [1.82, 2.24) is 9.97 Å². The van der Waals surface area contributed by atoms with Crippen molar-refractivity contribution < 1.29 is 22.4 Å². The van der Waals surface area contributed by atoms with Crippen LogP contribution in [0.5, 0.6) is 5.75 Å². The molecule has 4 rings (SSSR count). The summed E-state index contributed by atoms with van der Waals surface area (Å²) in [5, 5.41) is 5.90. The van der Waals surface area contributed by atoms with Gasteiger partial charge in [0.2, 0.25) is 5.95 Å². The molecule has 0 unspecified atom stereocenters. The van der Waals surface area contributed by atoms with E-state index in [4.69, 9.17) is 44.0 Å². The molecular formula is C23H18Cl3N5O5S. The summed E-state index contributed by atoms with van der Waals surface area (Å²) >= 11 is 18.0. The SMILES string of the molecule is COc1ccc(NC(=O)c2nc(NCc3ccco3)ncc2Cl)cc1NS(=O)(=O)c1ccc(Cl)c(Cl)c1. The zero-order valence-corrected chi connectivity index (χ0v) is 22.0. The number of nitrogens with one attached hydrogen (secondary N) is 3. The standard InChI is InChI=1S/C23H18Cl3N5O5S/c1-35-20-7-4-13(9-19(20)31-37(33,34)15-5-6-16(24)17(25)10-15)29-22(32)21-18(26)12-28-23(30-21)27-11-14-3-2-8-36-14/h2-10,12,31H,11H2,1H3,(H,29,32)(H,27,28,30). The molecule has 3 N–H and O–H groups in total. The van der Waals surface area contributed by atoms with Gasteiger partial charge in [0.25, 0.3) is 15.9 Å². The highest BCUT2D eigenvalue weighted by atomic mass is 35.5. The Labute approximate surface area is 227 Å². The van der Waals surface area contributed by atoms with Crippen LogP contribution in [0.25, 0.3) is 0 Å². The van der Waals surface area contributed by atoms with Gasteiger partial charge in [-0.05, 0) is 48.5 Å². The molecule has 37 heavy (non-hydrogen) atoms. The van der Waals surface area contributed by atoms with E-state index in [1.807, 2.05) is 0 Å². The Hall–Kier alpha value is -3.51. The summed E-state index contributed by atoms with van der Waals surface area (Å²) in [5.41, 5.74) is 0.228. The number of ether oxygens (including phenoxy) is 1. The molecule has 2 aromatic carbocycles. The van der Waals surface area contributed by atoms with Gasteiger partial charge in [0.05, 0.1) is 51.8 Å². The average Bonchev–Trinajstić information content (AvgIpc) is 3.39. The minimum absolute atomic E-state index is 0.0232. The molecule has 0 aliphatic carbocycles. The van der Waals surface area contributed by atoms with Gasteiger partial charge in [-0.25, -0.2) is 18.4 Å². The van der Waals surface area contributed by atoms with Crippen LogP contribution < -0.4 is 20.1 Å². The largest absolute Gasteiger partial charge is 0.495 e. The first-order valence-electron chi connectivity index (χ1n) is 10.4. The predicted molar refractivity (Wildman–Crippen MR) is 141 cm³/mol. The van der Waals surface area contributed by atoms with Crippen LogP contribution >= 0.6 is 34.8 Å². The van der Waals surface area contributed by atoms with Crippen LogP contribution in [-0.2, 0) is 16.6 Å². The van der Waals surface area contributed by atoms with Gasteiger partial charge in [-0.3, -0.25) is 9.52 Å². The first kappa shape index (κ1) is 26.6. The van der Waals surface area contributed by atoms with Crippen LogP contribution in [0, 0.1) is 0 Å². The molecule has 0 spiro atoms. The monoisotopic (exact) mass is 581 g/mol. The van der Waals surface area contributed by atoms with E-state index < -0.39 is 15.9 Å². The molecule has 10 nitrogen and oxygen atoms in total. The van der Waals surface area contributed by atoms with E-state index in [-0.39, 0.29) is 48.7 Å². The van der Waals surface area contributed by atoms with Crippen molar-refractivity contribution in [2.24, 2.45) is 0 Å². The number of benzene rings is 2. The maximum absolute atomic E-state index is 12.9. The summed E-state index contributed by atoms with van der Waals surface area (Å²) in [6, 6.07) is 11.8. The Morgan fingerprint density at radius 3 is 2.57 bits per heavy atom. The van der Waals surface area contributed by atoms with Crippen LogP contribution in [0.4, 0.5) is 17.3 Å². The number of nitrogens with zero attached hydrogens (tertiary/aromatic N) is 2. The van der Waals surface area contributed by atoms with Crippen molar-refractivity contribution in [2.75, 3.05) is 22.5 Å². The number of halogens is 3. The molecule has 1 amide bonds. The van der Waals surface area contributed by atoms with Crippen LogP contribution in [-0.4, -0.2) is 31.4 Å². The fourth-order valence-electron chi connectivity index (χ4n) is 3.09. The van der Waals surface area contributed by atoms with Crippen LogP contribution in [0.1, 0.15) is 16.2 Å². The summed E-state index contributed by atoms with van der Waals surface area (Å²) in [5.74, 6) is 0.386. The maximum Gasteiger partial charge on any atom is 0.276 e. The molecule has 0 fully saturated rings. The van der Waals surface area contributed by atoms with E-state index in [1.54, 1.807) is 12.1 Å². The third kappa shape index (κ3) is 6.44. The minimum atomic E-state index is -4.06. The molecule has 0 saturated carbocycles. The van der Waals surface area contributed by atoms with Gasteiger partial charge in [0.15, 0.2) is 5.69 Å². The molecule has 2 heterocycles. The van der Waals surface area contributed by atoms with Crippen molar-refractivity contribution in [3.05, 3.63) is 87.5 Å². The number of carbonyl (C=O) groups is 1. The van der Waals surface area contributed by atoms with Crippen LogP contribution in [0.3, 0.4) is 0 Å². The number of carbonyl (C=O) groups excluding carboxylic acids is 1. The van der Waals surface area contributed by atoms with E-state index in [2.05, 4.69) is 25.3 Å². The van der Waals surface area contributed by atoms with Gasteiger partial charge < -0.3 is 19.8 Å². The number of hydrogen-bond donors (Lipinski definition) is 3. The lowest BCUT2D eigenvalue weighted by molar-refractivity contribution is 0.102. The molecule has 0 radical (unpaired) electrons. The lowest BCUT2D eigenvalue weighted by Crippen LogP contribution is -2.17. The molecular weight excluding hydrogens is 565 g/mol. The highest BCUT2D eigenvalue weighted by Crippen LogP contribution is 2.32. The van der Waals surface area contributed by atoms with Gasteiger partial charge in [0, 0.05) is 5.69 Å². The fraction of sp³-hybridized carbons (Fsp3) is 0.0870. The second-order valence-electron chi connectivity index (χ2n) is 7.37. The quantitative estimate of drug-likeness (QED) is 0.229.